The Morgan fingerprint density at radius 3 is 2.71 bits per heavy atom. The lowest BCUT2D eigenvalue weighted by Gasteiger charge is -2.36. The Morgan fingerprint density at radius 2 is 2.08 bits per heavy atom. The number of nitrogens with zero attached hydrogens (tertiary/aromatic N) is 1. The highest BCUT2D eigenvalue weighted by Crippen LogP contribution is 2.38. The Balaban J connectivity index is 1.85. The molecule has 1 aromatic carbocycles. The quantitative estimate of drug-likeness (QED) is 0.781. The standard InChI is InChI=1S/C17H23FN2O4/c1-24-14-5-2-4-13(12-14)17(18)7-10-20(11-8-17)16(23)19-9-3-6-15(21)22/h2,4-5,12H,3,6-11H2,1H3,(H,19,23)(H,21,22). The number of amides is 2. The van der Waals surface area contributed by atoms with Gasteiger partial charge in [-0.2, -0.15) is 0 Å². The van der Waals surface area contributed by atoms with Gasteiger partial charge in [0.05, 0.1) is 7.11 Å². The molecule has 1 saturated heterocycles. The van der Waals surface area contributed by atoms with Crippen molar-refractivity contribution in [2.75, 3.05) is 26.7 Å². The summed E-state index contributed by atoms with van der Waals surface area (Å²) in [5, 5.41) is 11.2. The predicted molar refractivity (Wildman–Crippen MR) is 86.9 cm³/mol. The summed E-state index contributed by atoms with van der Waals surface area (Å²) in [5.41, 5.74) is -0.891. The van der Waals surface area contributed by atoms with Gasteiger partial charge in [0, 0.05) is 38.9 Å². The molecule has 1 aromatic rings. The lowest BCUT2D eigenvalue weighted by molar-refractivity contribution is -0.137. The molecular weight excluding hydrogens is 315 g/mol. The van der Waals surface area contributed by atoms with E-state index in [0.717, 1.165) is 0 Å². The van der Waals surface area contributed by atoms with Crippen molar-refractivity contribution in [1.82, 2.24) is 10.2 Å². The van der Waals surface area contributed by atoms with Crippen LogP contribution in [0.2, 0.25) is 0 Å². The lowest BCUT2D eigenvalue weighted by Crippen LogP contribution is -2.47. The molecule has 132 valence electrons. The second kappa shape index (κ2) is 7.99. The van der Waals surface area contributed by atoms with Crippen molar-refractivity contribution in [2.24, 2.45) is 0 Å². The number of carboxylic acid groups (broad SMARTS) is 1. The van der Waals surface area contributed by atoms with E-state index in [0.29, 0.717) is 37.4 Å². The molecule has 0 spiro atoms. The van der Waals surface area contributed by atoms with E-state index in [9.17, 15) is 9.59 Å². The summed E-state index contributed by atoms with van der Waals surface area (Å²) in [6.07, 6.45) is 0.848. The first kappa shape index (κ1) is 18.0. The number of benzene rings is 1. The number of nitrogens with one attached hydrogen (secondary N) is 1. The molecule has 2 rings (SSSR count). The molecule has 6 nitrogen and oxygen atoms in total. The van der Waals surface area contributed by atoms with E-state index in [1.165, 1.54) is 0 Å². The number of rotatable bonds is 6. The van der Waals surface area contributed by atoms with Crippen molar-refractivity contribution in [1.29, 1.82) is 0 Å². The Bertz CT molecular complexity index is 586. The molecule has 0 unspecified atom stereocenters. The Labute approximate surface area is 140 Å². The average molecular weight is 338 g/mol. The number of alkyl halides is 1. The Kier molecular flexibility index (Phi) is 6.00. The van der Waals surface area contributed by atoms with E-state index in [2.05, 4.69) is 5.32 Å². The fraction of sp³-hybridized carbons (Fsp3) is 0.529. The molecule has 1 aliphatic heterocycles. The van der Waals surface area contributed by atoms with Crippen LogP contribution in [0.1, 0.15) is 31.2 Å². The maximum atomic E-state index is 15.2. The number of methoxy groups -OCH3 is 1. The number of carboxylic acids is 1. The van der Waals surface area contributed by atoms with Gasteiger partial charge in [-0.3, -0.25) is 4.79 Å². The van der Waals surface area contributed by atoms with Crippen molar-refractivity contribution in [3.05, 3.63) is 29.8 Å². The molecule has 0 atom stereocenters. The summed E-state index contributed by atoms with van der Waals surface area (Å²) in [6, 6.07) is 6.70. The lowest BCUT2D eigenvalue weighted by atomic mass is 9.86. The van der Waals surface area contributed by atoms with E-state index in [1.54, 1.807) is 36.3 Å². The van der Waals surface area contributed by atoms with Crippen molar-refractivity contribution >= 4 is 12.0 Å². The number of hydrogen-bond acceptors (Lipinski definition) is 3. The zero-order chi connectivity index (χ0) is 17.6. The molecular formula is C17H23FN2O4. The van der Waals surface area contributed by atoms with E-state index >= 15 is 4.39 Å². The topological polar surface area (TPSA) is 78.9 Å². The van der Waals surface area contributed by atoms with E-state index in [4.69, 9.17) is 9.84 Å². The minimum absolute atomic E-state index is 0.0176. The molecule has 0 bridgehead atoms. The molecule has 24 heavy (non-hydrogen) atoms. The van der Waals surface area contributed by atoms with Crippen LogP contribution in [-0.4, -0.2) is 48.8 Å². The predicted octanol–water partition coefficient (Wildman–Crippen LogP) is 2.53. The van der Waals surface area contributed by atoms with Gasteiger partial charge in [-0.1, -0.05) is 12.1 Å². The minimum Gasteiger partial charge on any atom is -0.497 e. The van der Waals surface area contributed by atoms with E-state index < -0.39 is 11.6 Å². The van der Waals surface area contributed by atoms with Gasteiger partial charge in [-0.25, -0.2) is 9.18 Å². The van der Waals surface area contributed by atoms with Crippen molar-refractivity contribution in [2.45, 2.75) is 31.4 Å². The van der Waals surface area contributed by atoms with Crippen LogP contribution < -0.4 is 10.1 Å². The maximum absolute atomic E-state index is 15.2. The largest absolute Gasteiger partial charge is 0.497 e. The van der Waals surface area contributed by atoms with Gasteiger partial charge in [0.1, 0.15) is 11.4 Å². The number of hydrogen-bond donors (Lipinski definition) is 2. The van der Waals surface area contributed by atoms with Crippen LogP contribution >= 0.6 is 0 Å². The van der Waals surface area contributed by atoms with Crippen molar-refractivity contribution in [3.63, 3.8) is 0 Å². The third-order valence-electron chi connectivity index (χ3n) is 4.27. The van der Waals surface area contributed by atoms with Crippen LogP contribution in [0, 0.1) is 0 Å². The van der Waals surface area contributed by atoms with Gasteiger partial charge < -0.3 is 20.1 Å². The monoisotopic (exact) mass is 338 g/mol. The van der Waals surface area contributed by atoms with Crippen molar-refractivity contribution in [3.8, 4) is 5.75 Å². The molecule has 2 N–H and O–H groups in total. The first-order valence-electron chi connectivity index (χ1n) is 8.02. The minimum atomic E-state index is -1.46. The van der Waals surface area contributed by atoms with Gasteiger partial charge in [-0.15, -0.1) is 0 Å². The van der Waals surface area contributed by atoms with Gasteiger partial charge >= 0.3 is 12.0 Å². The van der Waals surface area contributed by atoms with Crippen LogP contribution in [0.15, 0.2) is 24.3 Å². The summed E-state index contributed by atoms with van der Waals surface area (Å²) in [6.45, 7) is 0.940. The zero-order valence-electron chi connectivity index (χ0n) is 13.8. The number of carbonyl (C=O) groups excluding carboxylic acids is 1. The molecule has 0 aliphatic carbocycles. The highest BCUT2D eigenvalue weighted by atomic mass is 19.1. The highest BCUT2D eigenvalue weighted by molar-refractivity contribution is 5.74. The van der Waals surface area contributed by atoms with Gasteiger partial charge in [-0.05, 0) is 24.1 Å². The van der Waals surface area contributed by atoms with E-state index in [1.807, 2.05) is 0 Å². The second-order valence-electron chi connectivity index (χ2n) is 5.91. The maximum Gasteiger partial charge on any atom is 0.317 e. The summed E-state index contributed by atoms with van der Waals surface area (Å²) in [5.74, 6) is -0.272. The smallest absolute Gasteiger partial charge is 0.317 e. The summed E-state index contributed by atoms with van der Waals surface area (Å²) in [4.78, 5) is 24.0. The number of piperidine rings is 1. The number of likely N-dealkylation sites (tertiary alicyclic amines) is 1. The first-order chi connectivity index (χ1) is 11.4. The van der Waals surface area contributed by atoms with Gasteiger partial charge in [0.2, 0.25) is 0 Å². The van der Waals surface area contributed by atoms with E-state index in [-0.39, 0.29) is 25.3 Å². The Hall–Kier alpha value is -2.31. The number of aliphatic carboxylic acids is 1. The molecule has 0 radical (unpaired) electrons. The normalized spacial score (nSPS) is 16.5. The van der Waals surface area contributed by atoms with Gasteiger partial charge in [0.25, 0.3) is 0 Å². The molecule has 1 heterocycles. The molecule has 0 aromatic heterocycles. The fourth-order valence-electron chi connectivity index (χ4n) is 2.80. The van der Waals surface area contributed by atoms with Gasteiger partial charge in [0.15, 0.2) is 0 Å². The molecule has 1 fully saturated rings. The summed E-state index contributed by atoms with van der Waals surface area (Å²) < 4.78 is 20.3. The summed E-state index contributed by atoms with van der Waals surface area (Å²) in [7, 11) is 1.54. The van der Waals surface area contributed by atoms with Crippen LogP contribution in [0.3, 0.4) is 0 Å². The average Bonchev–Trinajstić information content (AvgIpc) is 2.59. The number of carbonyl (C=O) groups is 2. The summed E-state index contributed by atoms with van der Waals surface area (Å²) >= 11 is 0. The Morgan fingerprint density at radius 1 is 1.38 bits per heavy atom. The molecule has 1 aliphatic rings. The third-order valence-corrected chi connectivity index (χ3v) is 4.27. The van der Waals surface area contributed by atoms with Crippen molar-refractivity contribution < 1.29 is 23.8 Å². The second-order valence-corrected chi connectivity index (χ2v) is 5.91. The van der Waals surface area contributed by atoms with Crippen LogP contribution in [-0.2, 0) is 10.5 Å². The molecule has 0 saturated carbocycles. The van der Waals surface area contributed by atoms with Crippen LogP contribution in [0.4, 0.5) is 9.18 Å². The first-order valence-corrected chi connectivity index (χ1v) is 8.02. The number of halogens is 1. The molecule has 2 amide bonds. The molecule has 7 heteroatoms. The van der Waals surface area contributed by atoms with Crippen LogP contribution in [0.5, 0.6) is 5.75 Å². The highest BCUT2D eigenvalue weighted by Gasteiger charge is 2.37. The SMILES string of the molecule is COc1cccc(C2(F)CCN(C(=O)NCCCC(=O)O)CC2)c1. The zero-order valence-corrected chi connectivity index (χ0v) is 13.8. The van der Waals surface area contributed by atoms with Crippen LogP contribution in [0.25, 0.3) is 0 Å². The third kappa shape index (κ3) is 4.59. The fourth-order valence-corrected chi connectivity index (χ4v) is 2.80. The number of urea groups is 1. The number of ether oxygens (including phenoxy) is 1.